The molecule has 0 aromatic rings. The van der Waals surface area contributed by atoms with Crippen molar-refractivity contribution in [1.29, 1.82) is 0 Å². The molecule has 0 aromatic carbocycles. The molecule has 2 N–H and O–H groups in total. The Balaban J connectivity index is 3.39. The van der Waals surface area contributed by atoms with E-state index in [0.29, 0.717) is 12.8 Å². The van der Waals surface area contributed by atoms with Crippen molar-refractivity contribution in [2.75, 3.05) is 6.54 Å². The van der Waals surface area contributed by atoms with Crippen LogP contribution in [0.2, 0.25) is 0 Å². The first-order valence-electron chi connectivity index (χ1n) is 19.8. The number of rotatable bonds is 35. The molecule has 4 nitrogen and oxygen atoms in total. The lowest BCUT2D eigenvalue weighted by molar-refractivity contribution is -0.122. The summed E-state index contributed by atoms with van der Waals surface area (Å²) in [5.74, 6) is 0.399. The third kappa shape index (κ3) is 35.2. The number of unbranched alkanes of at least 4 members (excludes halogenated alkanes) is 24. The maximum atomic E-state index is 12.3. The smallest absolute Gasteiger partial charge is 0.220 e. The number of hydrogen-bond acceptors (Lipinski definition) is 2. The molecule has 4 heteroatoms. The molecular formula is C40H78N2O2. The Hall–Kier alpha value is -1.32. The van der Waals surface area contributed by atoms with E-state index in [-0.39, 0.29) is 17.9 Å². The number of hydrogen-bond donors (Lipinski definition) is 2. The molecule has 0 aliphatic rings. The summed E-state index contributed by atoms with van der Waals surface area (Å²) in [5.41, 5.74) is 0. The highest BCUT2D eigenvalue weighted by Crippen LogP contribution is 2.14. The minimum atomic E-state index is 0.195. The van der Waals surface area contributed by atoms with E-state index >= 15 is 0 Å². The second kappa shape index (κ2) is 36.2. The molecule has 0 rings (SSSR count). The Morgan fingerprint density at radius 2 is 0.864 bits per heavy atom. The summed E-state index contributed by atoms with van der Waals surface area (Å²) >= 11 is 0. The Morgan fingerprint density at radius 3 is 1.34 bits per heavy atom. The summed E-state index contributed by atoms with van der Waals surface area (Å²) < 4.78 is 0. The summed E-state index contributed by atoms with van der Waals surface area (Å²) in [4.78, 5) is 24.4. The largest absolute Gasteiger partial charge is 0.356 e. The summed E-state index contributed by atoms with van der Waals surface area (Å²) in [5, 5.41) is 6.24. The second-order valence-corrected chi connectivity index (χ2v) is 13.6. The van der Waals surface area contributed by atoms with Crippen LogP contribution in [0.4, 0.5) is 0 Å². The Bertz CT molecular complexity index is 633. The zero-order chi connectivity index (χ0) is 32.2. The highest BCUT2D eigenvalue weighted by atomic mass is 16.2. The summed E-state index contributed by atoms with van der Waals surface area (Å²) in [6, 6.07) is 0.218. The van der Waals surface area contributed by atoms with Gasteiger partial charge in [-0.3, -0.25) is 9.59 Å². The van der Waals surface area contributed by atoms with Crippen molar-refractivity contribution in [3.05, 3.63) is 12.2 Å². The number of amides is 2. The highest BCUT2D eigenvalue weighted by molar-refractivity contribution is 5.76. The van der Waals surface area contributed by atoms with Gasteiger partial charge in [0, 0.05) is 25.4 Å². The standard InChI is InChI=1S/C40H78N2O2/c1-4-6-8-10-12-14-16-18-19-21-23-25-27-29-31-36-40(44)42-38(3)34-32-33-37-41-39(43)35-30-28-26-24-22-20-17-15-13-11-9-7-5-2/h15,17,38H,4-14,16,18-37H2,1-3H3,(H,41,43)(H,42,44)/b17-15-/t38-/m1/s1. The first-order chi connectivity index (χ1) is 21.6. The van der Waals surface area contributed by atoms with Gasteiger partial charge in [0.1, 0.15) is 0 Å². The average Bonchev–Trinajstić information content (AvgIpc) is 3.01. The molecule has 44 heavy (non-hydrogen) atoms. The molecule has 0 bridgehead atoms. The fourth-order valence-corrected chi connectivity index (χ4v) is 5.97. The number of carbonyl (C=O) groups is 2. The summed E-state index contributed by atoms with van der Waals surface area (Å²) in [6.45, 7) is 7.40. The van der Waals surface area contributed by atoms with E-state index in [1.165, 1.54) is 148 Å². The fourth-order valence-electron chi connectivity index (χ4n) is 5.97. The van der Waals surface area contributed by atoms with Crippen LogP contribution in [-0.2, 0) is 9.59 Å². The van der Waals surface area contributed by atoms with Crippen molar-refractivity contribution in [1.82, 2.24) is 10.6 Å². The molecule has 260 valence electrons. The maximum absolute atomic E-state index is 12.3. The lowest BCUT2D eigenvalue weighted by Gasteiger charge is -2.14. The average molecular weight is 619 g/mol. The van der Waals surface area contributed by atoms with Gasteiger partial charge in [0.25, 0.3) is 0 Å². The zero-order valence-electron chi connectivity index (χ0n) is 30.2. The first-order valence-corrected chi connectivity index (χ1v) is 19.8. The Kier molecular flexibility index (Phi) is 35.1. The minimum Gasteiger partial charge on any atom is -0.356 e. The topological polar surface area (TPSA) is 58.2 Å². The van der Waals surface area contributed by atoms with E-state index in [9.17, 15) is 9.59 Å². The van der Waals surface area contributed by atoms with Gasteiger partial charge in [-0.25, -0.2) is 0 Å². The summed E-state index contributed by atoms with van der Waals surface area (Å²) in [7, 11) is 0. The van der Waals surface area contributed by atoms with Gasteiger partial charge < -0.3 is 10.6 Å². The van der Waals surface area contributed by atoms with Crippen LogP contribution in [0.25, 0.3) is 0 Å². The molecule has 0 aliphatic carbocycles. The van der Waals surface area contributed by atoms with Crippen molar-refractivity contribution >= 4 is 11.8 Å². The third-order valence-corrected chi connectivity index (χ3v) is 8.97. The van der Waals surface area contributed by atoms with Crippen LogP contribution in [0.3, 0.4) is 0 Å². The lowest BCUT2D eigenvalue weighted by atomic mass is 10.0. The lowest BCUT2D eigenvalue weighted by Crippen LogP contribution is -2.32. The summed E-state index contributed by atoms with van der Waals surface area (Å²) in [6.07, 6.45) is 43.1. The predicted octanol–water partition coefficient (Wildman–Crippen LogP) is 12.3. The van der Waals surface area contributed by atoms with Crippen molar-refractivity contribution in [2.24, 2.45) is 0 Å². The molecule has 0 radical (unpaired) electrons. The third-order valence-electron chi connectivity index (χ3n) is 8.97. The molecule has 0 saturated carbocycles. The fraction of sp³-hybridized carbons (Fsp3) is 0.900. The van der Waals surface area contributed by atoms with E-state index in [2.05, 4.69) is 43.6 Å². The molecule has 2 amide bonds. The molecule has 0 heterocycles. The van der Waals surface area contributed by atoms with E-state index < -0.39 is 0 Å². The van der Waals surface area contributed by atoms with Gasteiger partial charge in [-0.05, 0) is 64.7 Å². The molecule has 0 aliphatic heterocycles. The van der Waals surface area contributed by atoms with Gasteiger partial charge in [0.15, 0.2) is 0 Å². The van der Waals surface area contributed by atoms with Crippen LogP contribution < -0.4 is 10.6 Å². The molecule has 0 fully saturated rings. The Labute approximate surface area is 276 Å². The van der Waals surface area contributed by atoms with E-state index in [4.69, 9.17) is 0 Å². The van der Waals surface area contributed by atoms with E-state index in [1.807, 2.05) is 0 Å². The van der Waals surface area contributed by atoms with Crippen LogP contribution in [-0.4, -0.2) is 24.4 Å². The highest BCUT2D eigenvalue weighted by Gasteiger charge is 2.07. The van der Waals surface area contributed by atoms with Gasteiger partial charge in [-0.15, -0.1) is 0 Å². The van der Waals surface area contributed by atoms with Crippen molar-refractivity contribution in [3.63, 3.8) is 0 Å². The SMILES string of the molecule is CCCCCC/C=C\CCCCCCCC(=O)NCCCC[C@@H](C)NC(=O)CCCCCCCCCCCCCCCCC. The van der Waals surface area contributed by atoms with Crippen LogP contribution in [0.1, 0.15) is 220 Å². The molecule has 0 spiro atoms. The molecule has 1 atom stereocenters. The van der Waals surface area contributed by atoms with Crippen LogP contribution >= 0.6 is 0 Å². The Morgan fingerprint density at radius 1 is 0.477 bits per heavy atom. The van der Waals surface area contributed by atoms with Gasteiger partial charge in [0.05, 0.1) is 0 Å². The number of allylic oxidation sites excluding steroid dienone is 2. The van der Waals surface area contributed by atoms with Gasteiger partial charge in [-0.2, -0.15) is 0 Å². The number of nitrogens with one attached hydrogen (secondary N) is 2. The van der Waals surface area contributed by atoms with Gasteiger partial charge in [-0.1, -0.05) is 154 Å². The van der Waals surface area contributed by atoms with Crippen LogP contribution in [0.5, 0.6) is 0 Å². The second-order valence-electron chi connectivity index (χ2n) is 13.6. The number of carbonyl (C=O) groups excluding carboxylic acids is 2. The monoisotopic (exact) mass is 619 g/mol. The zero-order valence-corrected chi connectivity index (χ0v) is 30.2. The minimum absolute atomic E-state index is 0.195. The van der Waals surface area contributed by atoms with E-state index in [1.54, 1.807) is 0 Å². The van der Waals surface area contributed by atoms with Crippen molar-refractivity contribution in [2.45, 2.75) is 226 Å². The maximum Gasteiger partial charge on any atom is 0.220 e. The normalized spacial score (nSPS) is 12.2. The molecular weight excluding hydrogens is 540 g/mol. The predicted molar refractivity (Wildman–Crippen MR) is 194 cm³/mol. The quantitative estimate of drug-likeness (QED) is 0.0548. The molecule has 0 unspecified atom stereocenters. The van der Waals surface area contributed by atoms with Crippen LogP contribution in [0.15, 0.2) is 12.2 Å². The van der Waals surface area contributed by atoms with Crippen molar-refractivity contribution < 1.29 is 9.59 Å². The molecule has 0 aromatic heterocycles. The van der Waals surface area contributed by atoms with Gasteiger partial charge >= 0.3 is 0 Å². The van der Waals surface area contributed by atoms with Crippen LogP contribution in [0, 0.1) is 0 Å². The molecule has 0 saturated heterocycles. The first kappa shape index (κ1) is 42.7. The van der Waals surface area contributed by atoms with E-state index in [0.717, 1.165) is 45.1 Å². The van der Waals surface area contributed by atoms with Gasteiger partial charge in [0.2, 0.25) is 11.8 Å². The van der Waals surface area contributed by atoms with Crippen molar-refractivity contribution in [3.8, 4) is 0 Å².